The number of halogens is 3. The Balaban J connectivity index is 1.37. The van der Waals surface area contributed by atoms with E-state index in [-0.39, 0.29) is 30.7 Å². The van der Waals surface area contributed by atoms with Gasteiger partial charge in [-0.25, -0.2) is 0 Å². The highest BCUT2D eigenvalue weighted by molar-refractivity contribution is 5.92. The minimum absolute atomic E-state index is 0.139. The van der Waals surface area contributed by atoms with Crippen molar-refractivity contribution in [3.63, 3.8) is 0 Å². The van der Waals surface area contributed by atoms with Gasteiger partial charge in [-0.1, -0.05) is 5.16 Å². The number of carbonyl (C=O) groups is 2. The first-order valence-corrected chi connectivity index (χ1v) is 9.07. The highest BCUT2D eigenvalue weighted by atomic mass is 19.4. The molecule has 1 aliphatic heterocycles. The minimum Gasteiger partial charge on any atom is -0.406 e. The van der Waals surface area contributed by atoms with Crippen LogP contribution in [0.15, 0.2) is 41.1 Å². The van der Waals surface area contributed by atoms with Crippen molar-refractivity contribution in [3.05, 3.63) is 36.6 Å². The highest BCUT2D eigenvalue weighted by Crippen LogP contribution is 2.23. The third-order valence-electron chi connectivity index (χ3n) is 4.28. The first kappa shape index (κ1) is 21.6. The molecule has 1 aromatic heterocycles. The van der Waals surface area contributed by atoms with Crippen LogP contribution in [0.5, 0.6) is 5.75 Å². The van der Waals surface area contributed by atoms with E-state index in [4.69, 9.17) is 0 Å². The fourth-order valence-electron chi connectivity index (χ4n) is 2.91. The molecule has 2 heterocycles. The van der Waals surface area contributed by atoms with Crippen molar-refractivity contribution < 1.29 is 32.0 Å². The van der Waals surface area contributed by atoms with E-state index in [9.17, 15) is 22.8 Å². The van der Waals surface area contributed by atoms with Gasteiger partial charge in [-0.05, 0) is 24.3 Å². The Morgan fingerprint density at radius 2 is 1.53 bits per heavy atom. The third kappa shape index (κ3) is 7.04. The molecule has 1 fully saturated rings. The Hall–Kier alpha value is -3.12. The molecule has 0 aliphatic carbocycles. The zero-order valence-corrected chi connectivity index (χ0v) is 15.8. The second-order valence-corrected chi connectivity index (χ2v) is 6.61. The summed E-state index contributed by atoms with van der Waals surface area (Å²) in [4.78, 5) is 28.0. The van der Waals surface area contributed by atoms with E-state index >= 15 is 0 Å². The van der Waals surface area contributed by atoms with E-state index in [1.807, 2.05) is 9.80 Å². The highest BCUT2D eigenvalue weighted by Gasteiger charge is 2.31. The van der Waals surface area contributed by atoms with Crippen molar-refractivity contribution in [3.8, 4) is 5.75 Å². The number of aromatic nitrogens is 1. The molecule has 0 radical (unpaired) electrons. The molecule has 30 heavy (non-hydrogen) atoms. The van der Waals surface area contributed by atoms with Crippen molar-refractivity contribution in [2.24, 2.45) is 0 Å². The molecule has 2 amide bonds. The molecule has 9 nitrogen and oxygen atoms in total. The number of benzene rings is 1. The molecule has 1 saturated heterocycles. The van der Waals surface area contributed by atoms with Gasteiger partial charge in [0.15, 0.2) is 5.82 Å². The molecule has 2 N–H and O–H groups in total. The molecule has 0 spiro atoms. The number of amides is 2. The van der Waals surface area contributed by atoms with Gasteiger partial charge in [0, 0.05) is 37.9 Å². The summed E-state index contributed by atoms with van der Waals surface area (Å²) in [6.07, 6.45) is -3.40. The van der Waals surface area contributed by atoms with Crippen LogP contribution in [0.3, 0.4) is 0 Å². The average molecular weight is 427 g/mol. The maximum Gasteiger partial charge on any atom is 0.573 e. The number of piperazine rings is 1. The van der Waals surface area contributed by atoms with E-state index < -0.39 is 6.36 Å². The van der Waals surface area contributed by atoms with Gasteiger partial charge >= 0.3 is 6.36 Å². The predicted octanol–water partition coefficient (Wildman–Crippen LogP) is 1.77. The van der Waals surface area contributed by atoms with Crippen molar-refractivity contribution >= 4 is 23.3 Å². The Morgan fingerprint density at radius 3 is 2.03 bits per heavy atom. The largest absolute Gasteiger partial charge is 0.573 e. The van der Waals surface area contributed by atoms with Crippen LogP contribution in [-0.4, -0.2) is 72.4 Å². The predicted molar refractivity (Wildman–Crippen MR) is 99.8 cm³/mol. The topological polar surface area (TPSA) is 99.9 Å². The lowest BCUT2D eigenvalue weighted by Crippen LogP contribution is -2.50. The van der Waals surface area contributed by atoms with E-state index in [0.717, 1.165) is 12.1 Å². The summed E-state index contributed by atoms with van der Waals surface area (Å²) in [6, 6.07) is 6.48. The second kappa shape index (κ2) is 9.59. The lowest BCUT2D eigenvalue weighted by molar-refractivity contribution is -0.274. The van der Waals surface area contributed by atoms with Crippen LogP contribution < -0.4 is 15.4 Å². The molecule has 1 aromatic carbocycles. The Bertz CT molecular complexity index is 835. The number of ether oxygens (including phenoxy) is 1. The number of nitrogens with one attached hydrogen (secondary N) is 2. The molecule has 162 valence electrons. The van der Waals surface area contributed by atoms with Crippen LogP contribution in [0.25, 0.3) is 0 Å². The quantitative estimate of drug-likeness (QED) is 0.695. The van der Waals surface area contributed by atoms with Crippen LogP contribution >= 0.6 is 0 Å². The van der Waals surface area contributed by atoms with Gasteiger partial charge in [0.1, 0.15) is 12.0 Å². The average Bonchev–Trinajstić information content (AvgIpc) is 3.16. The van der Waals surface area contributed by atoms with Crippen LogP contribution in [0.2, 0.25) is 0 Å². The fourth-order valence-corrected chi connectivity index (χ4v) is 2.91. The van der Waals surface area contributed by atoms with Crippen molar-refractivity contribution in [1.82, 2.24) is 15.0 Å². The molecular formula is C18H20F3N5O4. The molecule has 3 rings (SSSR count). The van der Waals surface area contributed by atoms with Gasteiger partial charge < -0.3 is 19.9 Å². The molecule has 0 bridgehead atoms. The summed E-state index contributed by atoms with van der Waals surface area (Å²) in [5.74, 6) is -0.484. The summed E-state index contributed by atoms with van der Waals surface area (Å²) >= 11 is 0. The summed E-state index contributed by atoms with van der Waals surface area (Å²) in [6.45, 7) is 2.77. The number of hydrogen-bond acceptors (Lipinski definition) is 7. The van der Waals surface area contributed by atoms with Crippen molar-refractivity contribution in [2.75, 3.05) is 49.9 Å². The molecule has 2 aromatic rings. The van der Waals surface area contributed by atoms with Gasteiger partial charge in [0.2, 0.25) is 11.8 Å². The van der Waals surface area contributed by atoms with Crippen molar-refractivity contribution in [2.45, 2.75) is 6.36 Å². The van der Waals surface area contributed by atoms with Gasteiger partial charge in [-0.15, -0.1) is 13.2 Å². The van der Waals surface area contributed by atoms with Gasteiger partial charge in [-0.3, -0.25) is 19.4 Å². The Labute approximate surface area is 169 Å². The number of rotatable bonds is 7. The standard InChI is InChI=1S/C18H20F3N5O4/c19-18(20,21)30-14-3-1-13(2-4-14)22-16(27)11-25-6-8-26(9-7-25)12-17(28)23-15-5-10-29-24-15/h1-5,10H,6-9,11-12H2,(H,22,27)(H,23,24,28). The molecule has 0 saturated carbocycles. The third-order valence-corrected chi connectivity index (χ3v) is 4.28. The van der Waals surface area contributed by atoms with Gasteiger partial charge in [0.05, 0.1) is 13.1 Å². The van der Waals surface area contributed by atoms with Crippen LogP contribution in [0, 0.1) is 0 Å². The number of hydrogen-bond donors (Lipinski definition) is 2. The maximum absolute atomic E-state index is 12.2. The first-order valence-electron chi connectivity index (χ1n) is 9.07. The summed E-state index contributed by atoms with van der Waals surface area (Å²) in [5.41, 5.74) is 0.373. The van der Waals surface area contributed by atoms with Crippen molar-refractivity contribution in [1.29, 1.82) is 0 Å². The summed E-state index contributed by atoms with van der Waals surface area (Å²) in [5, 5.41) is 8.87. The van der Waals surface area contributed by atoms with Gasteiger partial charge in [0.25, 0.3) is 0 Å². The Kier molecular flexibility index (Phi) is 6.90. The van der Waals surface area contributed by atoms with Gasteiger partial charge in [-0.2, -0.15) is 0 Å². The van der Waals surface area contributed by atoms with E-state index in [1.165, 1.54) is 18.4 Å². The molecule has 12 heteroatoms. The maximum atomic E-state index is 12.2. The van der Waals surface area contributed by atoms with E-state index in [0.29, 0.717) is 37.7 Å². The smallest absolute Gasteiger partial charge is 0.406 e. The lowest BCUT2D eigenvalue weighted by Gasteiger charge is -2.33. The number of carbonyl (C=O) groups excluding carboxylic acids is 2. The van der Waals surface area contributed by atoms with Crippen LogP contribution in [0.4, 0.5) is 24.7 Å². The van der Waals surface area contributed by atoms with Crippen LogP contribution in [-0.2, 0) is 9.59 Å². The zero-order chi connectivity index (χ0) is 21.6. The monoisotopic (exact) mass is 427 g/mol. The second-order valence-electron chi connectivity index (χ2n) is 6.61. The SMILES string of the molecule is O=C(CN1CCN(CC(=O)Nc2ccon2)CC1)Nc1ccc(OC(F)(F)F)cc1. The molecule has 0 unspecified atom stereocenters. The van der Waals surface area contributed by atoms with E-state index in [1.54, 1.807) is 6.07 Å². The molecule has 0 atom stereocenters. The number of anilines is 2. The minimum atomic E-state index is -4.76. The number of alkyl halides is 3. The normalized spacial score (nSPS) is 15.6. The fraction of sp³-hybridized carbons (Fsp3) is 0.389. The first-order chi connectivity index (χ1) is 14.3. The number of nitrogens with zero attached hydrogens (tertiary/aromatic N) is 3. The Morgan fingerprint density at radius 1 is 0.967 bits per heavy atom. The molecular weight excluding hydrogens is 407 g/mol. The lowest BCUT2D eigenvalue weighted by atomic mass is 10.3. The summed E-state index contributed by atoms with van der Waals surface area (Å²) < 4.78 is 44.9. The molecule has 1 aliphatic rings. The van der Waals surface area contributed by atoms with E-state index in [2.05, 4.69) is 25.1 Å². The zero-order valence-electron chi connectivity index (χ0n) is 15.8. The van der Waals surface area contributed by atoms with Crippen LogP contribution in [0.1, 0.15) is 0 Å². The summed E-state index contributed by atoms with van der Waals surface area (Å²) in [7, 11) is 0.